The molecule has 0 fully saturated rings. The fourth-order valence-electron chi connectivity index (χ4n) is 0.988. The van der Waals surface area contributed by atoms with Crippen LogP contribution in [0.15, 0.2) is 17.0 Å². The Bertz CT molecular complexity index is 387. The van der Waals surface area contributed by atoms with Crippen molar-refractivity contribution in [2.75, 3.05) is 0 Å². The minimum absolute atomic E-state index is 0. The fourth-order valence-corrected chi connectivity index (χ4v) is 1.52. The normalized spacial score (nSPS) is 11.6. The summed E-state index contributed by atoms with van der Waals surface area (Å²) < 4.78 is 21.2. The summed E-state index contributed by atoms with van der Waals surface area (Å²) in [6.45, 7) is 1.44. The van der Waals surface area contributed by atoms with E-state index in [1.807, 2.05) is 0 Å². The van der Waals surface area contributed by atoms with Crippen LogP contribution in [0, 0.1) is 17.0 Å². The average molecular weight is 239 g/mol. The second-order valence-corrected chi connectivity index (χ2v) is 3.51. The largest absolute Gasteiger partial charge is 1.00 e. The summed E-state index contributed by atoms with van der Waals surface area (Å²) in [7, 11) is 0. The Morgan fingerprint density at radius 1 is 1.47 bits per heavy atom. The number of hydrogen-bond donors (Lipinski definition) is 1. The number of aromatic hydroxyl groups is 1. The molecule has 1 unspecified atom stereocenters. The molecule has 0 spiro atoms. The zero-order valence-electron chi connectivity index (χ0n) is 8.09. The van der Waals surface area contributed by atoms with E-state index in [2.05, 4.69) is 0 Å². The van der Waals surface area contributed by atoms with Gasteiger partial charge in [0.2, 0.25) is 0 Å². The summed E-state index contributed by atoms with van der Waals surface area (Å²) >= 11 is -2.54. The van der Waals surface area contributed by atoms with Gasteiger partial charge in [-0.15, -0.1) is 0 Å². The van der Waals surface area contributed by atoms with E-state index in [0.717, 1.165) is 12.1 Å². The van der Waals surface area contributed by atoms with E-state index in [0.29, 0.717) is 0 Å². The van der Waals surface area contributed by atoms with Gasteiger partial charge in [0, 0.05) is 11.0 Å². The number of nitro benzene ring substituents is 1. The predicted molar refractivity (Wildman–Crippen MR) is 46.7 cm³/mol. The Labute approximate surface area is 110 Å². The molecule has 1 rings (SSSR count). The Kier molecular flexibility index (Phi) is 5.39. The number of aryl methyl sites for hydroxylation is 1. The summed E-state index contributed by atoms with van der Waals surface area (Å²) in [6, 6.07) is 1.87. The van der Waals surface area contributed by atoms with Crippen molar-refractivity contribution in [3.63, 3.8) is 0 Å². The second-order valence-electron chi connectivity index (χ2n) is 2.60. The van der Waals surface area contributed by atoms with Gasteiger partial charge in [-0.3, -0.25) is 14.3 Å². The van der Waals surface area contributed by atoms with Crippen LogP contribution in [-0.2, 0) is 11.1 Å². The van der Waals surface area contributed by atoms with Crippen molar-refractivity contribution in [2.24, 2.45) is 0 Å². The zero-order chi connectivity index (χ0) is 10.9. The van der Waals surface area contributed by atoms with E-state index < -0.39 is 27.4 Å². The van der Waals surface area contributed by atoms with Crippen molar-refractivity contribution in [2.45, 2.75) is 11.8 Å². The molecule has 0 radical (unpaired) electrons. The number of nitro groups is 1. The average Bonchev–Trinajstić information content (AvgIpc) is 2.02. The molecule has 0 bridgehead atoms. The number of nitrogens with zero attached hydrogens (tertiary/aromatic N) is 1. The van der Waals surface area contributed by atoms with E-state index in [4.69, 9.17) is 5.11 Å². The van der Waals surface area contributed by atoms with Crippen molar-refractivity contribution < 1.29 is 48.3 Å². The molecule has 0 saturated carbocycles. The number of rotatable bonds is 2. The third-order valence-electron chi connectivity index (χ3n) is 1.65. The van der Waals surface area contributed by atoms with E-state index in [9.17, 15) is 18.9 Å². The summed E-state index contributed by atoms with van der Waals surface area (Å²) in [5.74, 6) is -0.540. The molecule has 0 aliphatic carbocycles. The summed E-state index contributed by atoms with van der Waals surface area (Å²) in [6.07, 6.45) is 0. The van der Waals surface area contributed by atoms with Crippen LogP contribution < -0.4 is 29.6 Å². The van der Waals surface area contributed by atoms with Gasteiger partial charge < -0.3 is 9.66 Å². The van der Waals surface area contributed by atoms with Gasteiger partial charge in [0.15, 0.2) is 5.75 Å². The van der Waals surface area contributed by atoms with Crippen molar-refractivity contribution in [3.05, 3.63) is 27.8 Å². The zero-order valence-corrected chi connectivity index (χ0v) is 10.9. The van der Waals surface area contributed by atoms with Gasteiger partial charge in [0.05, 0.1) is 4.92 Å². The Morgan fingerprint density at radius 3 is 2.40 bits per heavy atom. The standard InChI is InChI=1S/C7H7NO5S.Na/c1-4-2-6(9)5(8(10)11)3-7(4)14(12)13;/h2-3,9H,1H3,(H,12,13);/q;+1/p-1. The smallest absolute Gasteiger partial charge is 0.768 e. The molecular formula is C7H6NNaO5S. The summed E-state index contributed by atoms with van der Waals surface area (Å²) in [4.78, 5) is 9.32. The van der Waals surface area contributed by atoms with Crippen LogP contribution in [0.25, 0.3) is 0 Å². The first-order chi connectivity index (χ1) is 6.43. The van der Waals surface area contributed by atoms with Crippen LogP contribution in [0.2, 0.25) is 0 Å². The maximum atomic E-state index is 10.6. The number of phenolic OH excluding ortho intramolecular Hbond substituents is 1. The molecule has 0 heterocycles. The van der Waals surface area contributed by atoms with Crippen LogP contribution >= 0.6 is 0 Å². The van der Waals surface area contributed by atoms with Gasteiger partial charge in [-0.25, -0.2) is 0 Å². The molecule has 76 valence electrons. The van der Waals surface area contributed by atoms with Gasteiger partial charge in [0.25, 0.3) is 0 Å². The number of phenols is 1. The molecule has 0 amide bonds. The summed E-state index contributed by atoms with van der Waals surface area (Å²) in [5, 5.41) is 19.5. The number of benzene rings is 1. The Morgan fingerprint density at radius 2 is 2.00 bits per heavy atom. The van der Waals surface area contributed by atoms with Gasteiger partial charge in [0.1, 0.15) is 0 Å². The van der Waals surface area contributed by atoms with Crippen LogP contribution in [0.5, 0.6) is 5.75 Å². The Balaban J connectivity index is 0.00000196. The van der Waals surface area contributed by atoms with E-state index in [1.165, 1.54) is 6.92 Å². The van der Waals surface area contributed by atoms with Crippen molar-refractivity contribution in [3.8, 4) is 5.75 Å². The minimum Gasteiger partial charge on any atom is -0.768 e. The monoisotopic (exact) mass is 239 g/mol. The molecule has 0 saturated heterocycles. The first-order valence-electron chi connectivity index (χ1n) is 3.50. The van der Waals surface area contributed by atoms with E-state index in [1.54, 1.807) is 0 Å². The van der Waals surface area contributed by atoms with Crippen LogP contribution in [0.3, 0.4) is 0 Å². The molecule has 1 aromatic rings. The van der Waals surface area contributed by atoms with Crippen molar-refractivity contribution in [1.82, 2.24) is 0 Å². The van der Waals surface area contributed by atoms with Gasteiger partial charge >= 0.3 is 35.2 Å². The first-order valence-corrected chi connectivity index (χ1v) is 4.58. The molecule has 0 aliphatic heterocycles. The maximum Gasteiger partial charge on any atom is 1.00 e. The predicted octanol–water partition coefficient (Wildman–Crippen LogP) is -2.15. The van der Waals surface area contributed by atoms with E-state index in [-0.39, 0.29) is 40.0 Å². The number of hydrogen-bond acceptors (Lipinski definition) is 5. The molecule has 1 N–H and O–H groups in total. The first kappa shape index (κ1) is 14.5. The van der Waals surface area contributed by atoms with Gasteiger partial charge in [-0.2, -0.15) is 0 Å². The topological polar surface area (TPSA) is 104 Å². The van der Waals surface area contributed by atoms with Crippen LogP contribution in [-0.4, -0.2) is 18.8 Å². The quantitative estimate of drug-likeness (QED) is 0.274. The second kappa shape index (κ2) is 5.57. The van der Waals surface area contributed by atoms with E-state index >= 15 is 0 Å². The Hall–Kier alpha value is -0.470. The SMILES string of the molecule is Cc1cc(O)c([N+](=O)[O-])cc1S(=O)[O-].[Na+]. The van der Waals surface area contributed by atoms with Crippen molar-refractivity contribution in [1.29, 1.82) is 0 Å². The molecule has 6 nitrogen and oxygen atoms in total. The molecule has 0 aliphatic rings. The molecule has 8 heteroatoms. The van der Waals surface area contributed by atoms with Crippen molar-refractivity contribution >= 4 is 16.8 Å². The summed E-state index contributed by atoms with van der Waals surface area (Å²) in [5.41, 5.74) is -0.351. The van der Waals surface area contributed by atoms with Gasteiger partial charge in [-0.05, 0) is 29.6 Å². The maximum absolute atomic E-state index is 10.6. The van der Waals surface area contributed by atoms with Crippen LogP contribution in [0.4, 0.5) is 5.69 Å². The van der Waals surface area contributed by atoms with Crippen LogP contribution in [0.1, 0.15) is 5.56 Å². The molecule has 1 atom stereocenters. The fraction of sp³-hybridized carbons (Fsp3) is 0.143. The molecule has 0 aromatic heterocycles. The van der Waals surface area contributed by atoms with Gasteiger partial charge in [-0.1, -0.05) is 0 Å². The molecule has 15 heavy (non-hydrogen) atoms. The third-order valence-corrected chi connectivity index (χ3v) is 2.45. The molecular weight excluding hydrogens is 233 g/mol. The molecule has 1 aromatic carbocycles. The third kappa shape index (κ3) is 3.25. The minimum atomic E-state index is -2.54.